The van der Waals surface area contributed by atoms with Crippen molar-refractivity contribution in [3.05, 3.63) is 18.0 Å². The van der Waals surface area contributed by atoms with Crippen LogP contribution in [0.15, 0.2) is 12.1 Å². The summed E-state index contributed by atoms with van der Waals surface area (Å²) in [4.78, 5) is 0. The molecular weight excluding hydrogens is 168 g/mol. The number of fused-ring (bicyclic) bond motifs is 1. The molecule has 68 valence electrons. The standard InChI is InChI=1S/C8H10N4O/c1-3-13-8-5-4-7-10-9-6(2)11-12(7)8/h4-5H,3H2,1-2H3. The minimum absolute atomic E-state index is 0.620. The van der Waals surface area contributed by atoms with Crippen molar-refractivity contribution < 1.29 is 4.74 Å². The van der Waals surface area contributed by atoms with Crippen LogP contribution in [-0.4, -0.2) is 26.4 Å². The predicted octanol–water partition coefficient (Wildman–Crippen LogP) is 0.831. The number of hydrogen-bond acceptors (Lipinski definition) is 4. The molecule has 0 fully saturated rings. The molecular formula is C8H10N4O. The molecule has 0 unspecified atom stereocenters. The lowest BCUT2D eigenvalue weighted by atomic mass is 10.6. The van der Waals surface area contributed by atoms with Gasteiger partial charge in [-0.1, -0.05) is 0 Å². The maximum atomic E-state index is 5.35. The largest absolute Gasteiger partial charge is 0.478 e. The summed E-state index contributed by atoms with van der Waals surface area (Å²) in [5, 5.41) is 12.0. The van der Waals surface area contributed by atoms with Crippen molar-refractivity contribution in [2.45, 2.75) is 13.8 Å². The van der Waals surface area contributed by atoms with Gasteiger partial charge in [0.1, 0.15) is 0 Å². The van der Waals surface area contributed by atoms with Crippen LogP contribution < -0.4 is 4.74 Å². The van der Waals surface area contributed by atoms with Crippen LogP contribution in [0.3, 0.4) is 0 Å². The Morgan fingerprint density at radius 3 is 3.00 bits per heavy atom. The van der Waals surface area contributed by atoms with Crippen molar-refractivity contribution in [1.29, 1.82) is 0 Å². The van der Waals surface area contributed by atoms with Crippen molar-refractivity contribution in [2.75, 3.05) is 6.61 Å². The smallest absolute Gasteiger partial charge is 0.216 e. The Morgan fingerprint density at radius 1 is 1.38 bits per heavy atom. The fourth-order valence-corrected chi connectivity index (χ4v) is 1.12. The first-order valence-corrected chi connectivity index (χ1v) is 4.13. The van der Waals surface area contributed by atoms with E-state index in [0.717, 1.165) is 0 Å². The third kappa shape index (κ3) is 1.32. The van der Waals surface area contributed by atoms with Crippen LogP contribution in [0.25, 0.3) is 5.65 Å². The molecule has 0 amide bonds. The molecule has 13 heavy (non-hydrogen) atoms. The van der Waals surface area contributed by atoms with Gasteiger partial charge in [0.05, 0.1) is 6.61 Å². The summed E-state index contributed by atoms with van der Waals surface area (Å²) in [7, 11) is 0. The Hall–Kier alpha value is -1.65. The van der Waals surface area contributed by atoms with Crippen LogP contribution in [0.5, 0.6) is 5.88 Å². The van der Waals surface area contributed by atoms with Crippen molar-refractivity contribution in [1.82, 2.24) is 19.8 Å². The second-order valence-corrected chi connectivity index (χ2v) is 2.62. The second kappa shape index (κ2) is 3.01. The molecule has 5 nitrogen and oxygen atoms in total. The highest BCUT2D eigenvalue weighted by Gasteiger charge is 2.04. The lowest BCUT2D eigenvalue weighted by Gasteiger charge is -2.01. The van der Waals surface area contributed by atoms with Crippen molar-refractivity contribution in [2.24, 2.45) is 0 Å². The molecule has 0 spiro atoms. The van der Waals surface area contributed by atoms with E-state index in [1.54, 1.807) is 11.4 Å². The average molecular weight is 178 g/mol. The number of hydrogen-bond donors (Lipinski definition) is 0. The number of rotatable bonds is 2. The Morgan fingerprint density at radius 2 is 2.23 bits per heavy atom. The summed E-state index contributed by atoms with van der Waals surface area (Å²) in [5.41, 5.74) is 0.703. The summed E-state index contributed by atoms with van der Waals surface area (Å²) in [6.07, 6.45) is 0. The SMILES string of the molecule is CCOc1ccc2nnc(C)nn12. The van der Waals surface area contributed by atoms with Crippen molar-refractivity contribution >= 4 is 5.65 Å². The van der Waals surface area contributed by atoms with E-state index in [4.69, 9.17) is 4.74 Å². The summed E-state index contributed by atoms with van der Waals surface area (Å²) < 4.78 is 6.99. The Balaban J connectivity index is 2.58. The van der Waals surface area contributed by atoms with Crippen LogP contribution in [0.1, 0.15) is 12.7 Å². The quantitative estimate of drug-likeness (QED) is 0.683. The zero-order chi connectivity index (χ0) is 9.26. The Bertz CT molecular complexity index is 423. The monoisotopic (exact) mass is 178 g/mol. The van der Waals surface area contributed by atoms with Gasteiger partial charge in [0.2, 0.25) is 5.88 Å². The number of nitrogens with zero attached hydrogens (tertiary/aromatic N) is 4. The van der Waals surface area contributed by atoms with Crippen molar-refractivity contribution in [3.8, 4) is 5.88 Å². The van der Waals surface area contributed by atoms with Crippen LogP contribution in [0.2, 0.25) is 0 Å². The van der Waals surface area contributed by atoms with Gasteiger partial charge in [-0.05, 0) is 19.9 Å². The summed E-state index contributed by atoms with van der Waals surface area (Å²) in [5.74, 6) is 1.33. The van der Waals surface area contributed by atoms with E-state index in [9.17, 15) is 0 Å². The number of ether oxygens (including phenoxy) is 1. The summed E-state index contributed by atoms with van der Waals surface area (Å²) in [6, 6.07) is 3.66. The van der Waals surface area contributed by atoms with Crippen LogP contribution in [0.4, 0.5) is 0 Å². The molecule has 0 bridgehead atoms. The lowest BCUT2D eigenvalue weighted by molar-refractivity contribution is 0.318. The van der Waals surface area contributed by atoms with Gasteiger partial charge < -0.3 is 4.74 Å². The Labute approximate surface area is 75.4 Å². The third-order valence-corrected chi connectivity index (χ3v) is 1.63. The third-order valence-electron chi connectivity index (χ3n) is 1.63. The van der Waals surface area contributed by atoms with Crippen LogP contribution >= 0.6 is 0 Å². The molecule has 0 N–H and O–H groups in total. The zero-order valence-corrected chi connectivity index (χ0v) is 7.56. The van der Waals surface area contributed by atoms with Gasteiger partial charge in [0, 0.05) is 6.07 Å². The first-order valence-electron chi connectivity index (χ1n) is 4.13. The molecule has 2 rings (SSSR count). The number of aryl methyl sites for hydroxylation is 1. The Kier molecular flexibility index (Phi) is 1.84. The molecule has 0 aliphatic carbocycles. The van der Waals surface area contributed by atoms with Gasteiger partial charge in [-0.25, -0.2) is 0 Å². The highest BCUT2D eigenvalue weighted by molar-refractivity contribution is 5.41. The minimum atomic E-state index is 0.620. The summed E-state index contributed by atoms with van der Waals surface area (Å²) >= 11 is 0. The molecule has 2 heterocycles. The molecule has 0 radical (unpaired) electrons. The van der Waals surface area contributed by atoms with Gasteiger partial charge >= 0.3 is 0 Å². The number of aromatic nitrogens is 4. The summed E-state index contributed by atoms with van der Waals surface area (Å²) in [6.45, 7) is 4.35. The highest BCUT2D eigenvalue weighted by atomic mass is 16.5. The molecule has 5 heteroatoms. The zero-order valence-electron chi connectivity index (χ0n) is 7.56. The minimum Gasteiger partial charge on any atom is -0.478 e. The molecule has 0 atom stereocenters. The van der Waals surface area contributed by atoms with Crippen molar-refractivity contribution in [3.63, 3.8) is 0 Å². The average Bonchev–Trinajstić information content (AvgIpc) is 2.49. The van der Waals surface area contributed by atoms with Gasteiger partial charge in [0.15, 0.2) is 11.5 Å². The highest BCUT2D eigenvalue weighted by Crippen LogP contribution is 2.12. The fraction of sp³-hybridized carbons (Fsp3) is 0.375. The first-order chi connectivity index (χ1) is 6.31. The second-order valence-electron chi connectivity index (χ2n) is 2.62. The van der Waals surface area contributed by atoms with E-state index in [2.05, 4.69) is 15.3 Å². The van der Waals surface area contributed by atoms with Gasteiger partial charge in [-0.3, -0.25) is 0 Å². The van der Waals surface area contributed by atoms with Crippen LogP contribution in [0, 0.1) is 6.92 Å². The van der Waals surface area contributed by atoms with E-state index in [1.807, 2.05) is 19.1 Å². The van der Waals surface area contributed by atoms with E-state index in [1.165, 1.54) is 0 Å². The van der Waals surface area contributed by atoms with Gasteiger partial charge in [-0.2, -0.15) is 4.52 Å². The molecule has 0 saturated carbocycles. The normalized spacial score (nSPS) is 10.6. The molecule has 0 aliphatic rings. The fourth-order valence-electron chi connectivity index (χ4n) is 1.12. The molecule has 0 aromatic carbocycles. The lowest BCUT2D eigenvalue weighted by Crippen LogP contribution is -2.03. The topological polar surface area (TPSA) is 52.3 Å². The van der Waals surface area contributed by atoms with Gasteiger partial charge in [0.25, 0.3) is 0 Å². The maximum Gasteiger partial charge on any atom is 0.216 e. The van der Waals surface area contributed by atoms with Gasteiger partial charge in [-0.15, -0.1) is 15.3 Å². The van der Waals surface area contributed by atoms with E-state index in [0.29, 0.717) is 24.0 Å². The van der Waals surface area contributed by atoms with E-state index in [-0.39, 0.29) is 0 Å². The van der Waals surface area contributed by atoms with Crippen LogP contribution in [-0.2, 0) is 0 Å². The molecule has 2 aromatic heterocycles. The molecule has 0 aliphatic heterocycles. The molecule has 2 aromatic rings. The maximum absolute atomic E-state index is 5.35. The first kappa shape index (κ1) is 7.97. The van der Waals surface area contributed by atoms with E-state index < -0.39 is 0 Å². The van der Waals surface area contributed by atoms with E-state index >= 15 is 0 Å². The molecule has 0 saturated heterocycles. The predicted molar refractivity (Wildman–Crippen MR) is 46.7 cm³/mol.